The molecular weight excluding hydrogens is 354 g/mol. The number of hydrogen-bond acceptors (Lipinski definition) is 4. The number of rotatable bonds is 4. The first-order valence-electron chi connectivity index (χ1n) is 11.2. The van der Waals surface area contributed by atoms with E-state index in [-0.39, 0.29) is 29.3 Å². The lowest BCUT2D eigenvalue weighted by Gasteiger charge is -2.62. The van der Waals surface area contributed by atoms with Gasteiger partial charge in [0, 0.05) is 5.41 Å². The summed E-state index contributed by atoms with van der Waals surface area (Å²) in [6.45, 7) is 13.9. The van der Waals surface area contributed by atoms with Crippen molar-refractivity contribution in [3.8, 4) is 0 Å². The fourth-order valence-corrected chi connectivity index (χ4v) is 7.16. The van der Waals surface area contributed by atoms with Gasteiger partial charge >= 0.3 is 5.97 Å². The van der Waals surface area contributed by atoms with Crippen molar-refractivity contribution in [3.63, 3.8) is 0 Å². The Bertz CT molecular complexity index is 636. The molecule has 1 N–H and O–H groups in total. The minimum atomic E-state index is -0.664. The summed E-state index contributed by atoms with van der Waals surface area (Å²) in [7, 11) is 0. The quantitative estimate of drug-likeness (QED) is 0.732. The SMILES string of the molecule is C=C1CCC2[C@]3(C)CO[C@@H](C)O[C@@H]3CC[C@@]2(C)[C@@H]1CCN1CCC[C@H]1C(=O)O. The Morgan fingerprint density at radius 3 is 2.82 bits per heavy atom. The molecule has 5 heteroatoms. The second-order valence-electron chi connectivity index (χ2n) is 10.2. The molecule has 0 aromatic carbocycles. The van der Waals surface area contributed by atoms with Crippen molar-refractivity contribution in [3.05, 3.63) is 12.2 Å². The van der Waals surface area contributed by atoms with Crippen molar-refractivity contribution in [1.82, 2.24) is 4.90 Å². The molecule has 5 nitrogen and oxygen atoms in total. The van der Waals surface area contributed by atoms with Crippen LogP contribution in [0.15, 0.2) is 12.2 Å². The number of fused-ring (bicyclic) bond motifs is 3. The Kier molecular flexibility index (Phi) is 5.39. The molecule has 0 bridgehead atoms. The molecular formula is C23H37NO4. The highest BCUT2D eigenvalue weighted by molar-refractivity contribution is 5.73. The summed E-state index contributed by atoms with van der Waals surface area (Å²) in [4.78, 5) is 13.7. The summed E-state index contributed by atoms with van der Waals surface area (Å²) in [6.07, 6.45) is 7.49. The molecule has 2 aliphatic carbocycles. The highest BCUT2D eigenvalue weighted by Crippen LogP contribution is 2.63. The number of carbonyl (C=O) groups is 1. The maximum absolute atomic E-state index is 11.6. The highest BCUT2D eigenvalue weighted by atomic mass is 16.7. The molecule has 4 aliphatic rings. The monoisotopic (exact) mass is 391 g/mol. The molecule has 28 heavy (non-hydrogen) atoms. The van der Waals surface area contributed by atoms with Gasteiger partial charge in [-0.05, 0) is 82.2 Å². The normalized spacial score (nSPS) is 46.8. The number of likely N-dealkylation sites (tertiary alicyclic amines) is 1. The summed E-state index contributed by atoms with van der Waals surface area (Å²) in [6, 6.07) is -0.296. The van der Waals surface area contributed by atoms with Crippen molar-refractivity contribution in [2.45, 2.75) is 84.2 Å². The molecule has 4 fully saturated rings. The van der Waals surface area contributed by atoms with Crippen LogP contribution >= 0.6 is 0 Å². The van der Waals surface area contributed by atoms with Gasteiger partial charge < -0.3 is 14.6 Å². The van der Waals surface area contributed by atoms with Crippen LogP contribution in [0, 0.1) is 22.7 Å². The Morgan fingerprint density at radius 1 is 1.29 bits per heavy atom. The predicted octanol–water partition coefficient (Wildman–Crippen LogP) is 4.08. The largest absolute Gasteiger partial charge is 0.480 e. The number of hydrogen-bond donors (Lipinski definition) is 1. The van der Waals surface area contributed by atoms with Gasteiger partial charge in [0.05, 0.1) is 12.7 Å². The average Bonchev–Trinajstić information content (AvgIpc) is 3.10. The number of nitrogens with zero attached hydrogens (tertiary/aromatic N) is 1. The molecule has 7 atom stereocenters. The molecule has 1 unspecified atom stereocenters. The van der Waals surface area contributed by atoms with E-state index in [1.807, 2.05) is 6.92 Å². The van der Waals surface area contributed by atoms with Crippen LogP contribution in [0.4, 0.5) is 0 Å². The Labute approximate surface area is 169 Å². The molecule has 0 radical (unpaired) electrons. The summed E-state index contributed by atoms with van der Waals surface area (Å²) in [5.74, 6) is 0.358. The standard InChI is InChI=1S/C23H37NO4/c1-15-7-8-19-22(3,11-9-20-23(19,4)14-27-16(2)28-20)17(15)10-13-24-12-5-6-18(24)21(25)26/h16-20H,1,5-14H2,2-4H3,(H,25,26)/t16-,17-,18+,19?,20-,22+,23+/m1/s1. The van der Waals surface area contributed by atoms with E-state index in [2.05, 4.69) is 25.3 Å². The molecule has 0 aromatic heterocycles. The molecule has 0 spiro atoms. The second kappa shape index (κ2) is 7.41. The molecule has 2 aliphatic heterocycles. The minimum Gasteiger partial charge on any atom is -0.480 e. The number of aliphatic carboxylic acids is 1. The highest BCUT2D eigenvalue weighted by Gasteiger charge is 2.59. The molecule has 0 amide bonds. The van der Waals surface area contributed by atoms with Crippen LogP contribution in [0.25, 0.3) is 0 Å². The van der Waals surface area contributed by atoms with Gasteiger partial charge in [-0.3, -0.25) is 9.69 Å². The van der Waals surface area contributed by atoms with E-state index in [1.165, 1.54) is 12.0 Å². The average molecular weight is 392 g/mol. The van der Waals surface area contributed by atoms with Crippen LogP contribution in [0.2, 0.25) is 0 Å². The molecule has 2 heterocycles. The molecule has 0 aromatic rings. The third-order valence-corrected chi connectivity index (χ3v) is 8.65. The van der Waals surface area contributed by atoms with Crippen LogP contribution < -0.4 is 0 Å². The first-order valence-corrected chi connectivity index (χ1v) is 11.2. The van der Waals surface area contributed by atoms with Crippen molar-refractivity contribution < 1.29 is 19.4 Å². The summed E-state index contributed by atoms with van der Waals surface area (Å²) < 4.78 is 12.2. The van der Waals surface area contributed by atoms with Crippen molar-refractivity contribution in [1.29, 1.82) is 0 Å². The third kappa shape index (κ3) is 3.23. The van der Waals surface area contributed by atoms with Gasteiger partial charge in [-0.1, -0.05) is 26.0 Å². The van der Waals surface area contributed by atoms with E-state index in [0.717, 1.165) is 58.2 Å². The lowest BCUT2D eigenvalue weighted by atomic mass is 9.46. The smallest absolute Gasteiger partial charge is 0.320 e. The molecule has 4 rings (SSSR count). The van der Waals surface area contributed by atoms with Crippen LogP contribution in [0.3, 0.4) is 0 Å². The number of allylic oxidation sites excluding steroid dienone is 1. The van der Waals surface area contributed by atoms with Crippen LogP contribution in [-0.4, -0.2) is 54.1 Å². The van der Waals surface area contributed by atoms with Crippen molar-refractivity contribution in [2.24, 2.45) is 22.7 Å². The second-order valence-corrected chi connectivity index (χ2v) is 10.2. The zero-order valence-electron chi connectivity index (χ0n) is 17.8. The van der Waals surface area contributed by atoms with E-state index in [9.17, 15) is 9.90 Å². The van der Waals surface area contributed by atoms with Crippen LogP contribution in [0.1, 0.15) is 65.7 Å². The van der Waals surface area contributed by atoms with E-state index in [4.69, 9.17) is 9.47 Å². The maximum Gasteiger partial charge on any atom is 0.320 e. The summed E-state index contributed by atoms with van der Waals surface area (Å²) in [5, 5.41) is 9.51. The predicted molar refractivity (Wildman–Crippen MR) is 108 cm³/mol. The molecule has 158 valence electrons. The van der Waals surface area contributed by atoms with Crippen molar-refractivity contribution >= 4 is 5.97 Å². The van der Waals surface area contributed by atoms with E-state index < -0.39 is 5.97 Å². The fraction of sp³-hybridized carbons (Fsp3) is 0.870. The zero-order valence-corrected chi connectivity index (χ0v) is 17.8. The topological polar surface area (TPSA) is 59.0 Å². The molecule has 2 saturated carbocycles. The fourth-order valence-electron chi connectivity index (χ4n) is 7.16. The number of carboxylic acid groups (broad SMARTS) is 1. The van der Waals surface area contributed by atoms with Gasteiger partial charge in [-0.2, -0.15) is 0 Å². The van der Waals surface area contributed by atoms with Gasteiger partial charge in [0.2, 0.25) is 0 Å². The lowest BCUT2D eigenvalue weighted by Crippen LogP contribution is -2.61. The van der Waals surface area contributed by atoms with Crippen molar-refractivity contribution in [2.75, 3.05) is 19.7 Å². The Hall–Kier alpha value is -0.910. The Morgan fingerprint density at radius 2 is 2.07 bits per heavy atom. The number of carboxylic acids is 1. The molecule has 2 saturated heterocycles. The van der Waals surface area contributed by atoms with Gasteiger partial charge in [-0.25, -0.2) is 0 Å². The maximum atomic E-state index is 11.6. The minimum absolute atomic E-state index is 0.0652. The van der Waals surface area contributed by atoms with E-state index in [0.29, 0.717) is 11.8 Å². The first kappa shape index (κ1) is 20.4. The van der Waals surface area contributed by atoms with Gasteiger partial charge in [0.25, 0.3) is 0 Å². The van der Waals surface area contributed by atoms with Crippen LogP contribution in [0.5, 0.6) is 0 Å². The zero-order chi connectivity index (χ0) is 20.1. The van der Waals surface area contributed by atoms with Gasteiger partial charge in [-0.15, -0.1) is 0 Å². The van der Waals surface area contributed by atoms with E-state index in [1.54, 1.807) is 0 Å². The number of ether oxygens (including phenoxy) is 2. The third-order valence-electron chi connectivity index (χ3n) is 8.65. The summed E-state index contributed by atoms with van der Waals surface area (Å²) in [5.41, 5.74) is 1.64. The van der Waals surface area contributed by atoms with Gasteiger partial charge in [0.15, 0.2) is 6.29 Å². The van der Waals surface area contributed by atoms with Crippen LogP contribution in [-0.2, 0) is 14.3 Å². The lowest BCUT2D eigenvalue weighted by molar-refractivity contribution is -0.297. The summed E-state index contributed by atoms with van der Waals surface area (Å²) >= 11 is 0. The van der Waals surface area contributed by atoms with Gasteiger partial charge in [0.1, 0.15) is 6.04 Å². The Balaban J connectivity index is 1.52. The first-order chi connectivity index (χ1) is 13.3. The van der Waals surface area contributed by atoms with E-state index >= 15 is 0 Å².